The molecule has 0 amide bonds. The molecule has 0 saturated carbocycles. The molecule has 202 valence electrons. The van der Waals surface area contributed by atoms with E-state index in [0.29, 0.717) is 31.4 Å². The van der Waals surface area contributed by atoms with Gasteiger partial charge in [-0.25, -0.2) is 9.79 Å². The monoisotopic (exact) mass is 571 g/mol. The van der Waals surface area contributed by atoms with Gasteiger partial charge in [0.2, 0.25) is 0 Å². The standard InChI is InChI=1S/C31H26ClN3O4S/c1-5-34-23-9-7-6-8-20(23)21-14-18(10-12-24(21)34)15-26-29(36)35-28(22-16-19(32)11-13-25(22)38-3)27(30(37)39-4)17(2)33-31(35)40-26/h6-16,28H,5H2,1-4H3/b26-15-/t28-/m1/s1. The number of halogens is 1. The van der Waals surface area contributed by atoms with Crippen LogP contribution >= 0.6 is 22.9 Å². The molecule has 7 nitrogen and oxygen atoms in total. The summed E-state index contributed by atoms with van der Waals surface area (Å²) in [5.41, 5.74) is 4.27. The van der Waals surface area contributed by atoms with Crippen LogP contribution in [0.15, 0.2) is 81.7 Å². The first-order chi connectivity index (χ1) is 19.4. The van der Waals surface area contributed by atoms with Crippen molar-refractivity contribution < 1.29 is 14.3 Å². The summed E-state index contributed by atoms with van der Waals surface area (Å²) in [6, 6.07) is 18.9. The van der Waals surface area contributed by atoms with Crippen molar-refractivity contribution >= 4 is 56.8 Å². The van der Waals surface area contributed by atoms with Crippen molar-refractivity contribution in [3.05, 3.63) is 108 Å². The second kappa shape index (κ2) is 10.1. The number of rotatable bonds is 5. The van der Waals surface area contributed by atoms with Crippen LogP contribution in [-0.2, 0) is 16.1 Å². The molecule has 9 heteroatoms. The molecule has 1 aliphatic rings. The van der Waals surface area contributed by atoms with E-state index in [1.807, 2.05) is 24.3 Å². The molecule has 1 atom stereocenters. The smallest absolute Gasteiger partial charge is 0.338 e. The molecule has 0 radical (unpaired) electrons. The number of esters is 1. The number of aryl methyl sites for hydroxylation is 1. The Balaban J connectivity index is 1.58. The Labute approximate surface area is 238 Å². The summed E-state index contributed by atoms with van der Waals surface area (Å²) >= 11 is 7.65. The van der Waals surface area contributed by atoms with Crippen molar-refractivity contribution in [2.45, 2.75) is 26.4 Å². The van der Waals surface area contributed by atoms with Gasteiger partial charge in [-0.15, -0.1) is 0 Å². The number of hydrogen-bond donors (Lipinski definition) is 0. The number of para-hydroxylation sites is 1. The number of thiazole rings is 1. The van der Waals surface area contributed by atoms with E-state index in [4.69, 9.17) is 21.1 Å². The maximum absolute atomic E-state index is 14.0. The van der Waals surface area contributed by atoms with Gasteiger partial charge in [0, 0.05) is 38.9 Å². The summed E-state index contributed by atoms with van der Waals surface area (Å²) in [4.78, 5) is 32.1. The third kappa shape index (κ3) is 4.06. The van der Waals surface area contributed by atoms with Crippen molar-refractivity contribution in [3.63, 3.8) is 0 Å². The minimum Gasteiger partial charge on any atom is -0.496 e. The normalized spacial score (nSPS) is 15.4. The Morgan fingerprint density at radius 2 is 1.85 bits per heavy atom. The molecule has 0 spiro atoms. The van der Waals surface area contributed by atoms with E-state index in [-0.39, 0.29) is 11.1 Å². The van der Waals surface area contributed by atoms with Gasteiger partial charge in [0.25, 0.3) is 5.56 Å². The Kier molecular flexibility index (Phi) is 6.60. The van der Waals surface area contributed by atoms with Crippen LogP contribution < -0.4 is 19.6 Å². The van der Waals surface area contributed by atoms with Gasteiger partial charge < -0.3 is 14.0 Å². The molecule has 0 aliphatic carbocycles. The SMILES string of the molecule is CCn1c2ccccc2c2cc(/C=c3\sc4n(c3=O)[C@H](c3cc(Cl)ccc3OC)C(C(=O)OC)=C(C)N=4)ccc21. The molecular weight excluding hydrogens is 546 g/mol. The van der Waals surface area contributed by atoms with E-state index in [9.17, 15) is 9.59 Å². The number of hydrogen-bond acceptors (Lipinski definition) is 6. The van der Waals surface area contributed by atoms with Gasteiger partial charge >= 0.3 is 5.97 Å². The zero-order valence-electron chi connectivity index (χ0n) is 22.4. The van der Waals surface area contributed by atoms with Gasteiger partial charge in [-0.2, -0.15) is 0 Å². The predicted octanol–water partition coefficient (Wildman–Crippen LogP) is 5.20. The first-order valence-corrected chi connectivity index (χ1v) is 14.0. The summed E-state index contributed by atoms with van der Waals surface area (Å²) < 4.78 is 15.0. The number of carbonyl (C=O) groups is 1. The lowest BCUT2D eigenvalue weighted by Gasteiger charge is -2.25. The first-order valence-electron chi connectivity index (χ1n) is 12.8. The molecule has 5 aromatic rings. The number of allylic oxidation sites excluding steroid dienone is 1. The van der Waals surface area contributed by atoms with Crippen LogP contribution in [0.25, 0.3) is 27.9 Å². The number of ether oxygens (including phenoxy) is 2. The molecule has 1 aliphatic heterocycles. The van der Waals surface area contributed by atoms with E-state index in [0.717, 1.165) is 23.0 Å². The topological polar surface area (TPSA) is 74.8 Å². The third-order valence-corrected chi connectivity index (χ3v) is 8.54. The highest BCUT2D eigenvalue weighted by Crippen LogP contribution is 2.37. The third-order valence-electron chi connectivity index (χ3n) is 7.32. The second-order valence-corrected chi connectivity index (χ2v) is 10.9. The van der Waals surface area contributed by atoms with Crippen molar-refractivity contribution in [3.8, 4) is 5.75 Å². The van der Waals surface area contributed by atoms with Crippen molar-refractivity contribution in [1.82, 2.24) is 9.13 Å². The van der Waals surface area contributed by atoms with Crippen molar-refractivity contribution in [2.75, 3.05) is 14.2 Å². The molecule has 6 rings (SSSR count). The van der Waals surface area contributed by atoms with Crippen LogP contribution in [0.2, 0.25) is 5.02 Å². The minimum atomic E-state index is -0.815. The van der Waals surface area contributed by atoms with E-state index in [2.05, 4.69) is 40.7 Å². The van der Waals surface area contributed by atoms with Crippen LogP contribution in [0.3, 0.4) is 0 Å². The van der Waals surface area contributed by atoms with Gasteiger partial charge in [-0.1, -0.05) is 47.2 Å². The van der Waals surface area contributed by atoms with Gasteiger partial charge in [0.15, 0.2) is 4.80 Å². The van der Waals surface area contributed by atoms with Gasteiger partial charge in [-0.05, 0) is 61.9 Å². The predicted molar refractivity (Wildman–Crippen MR) is 159 cm³/mol. The number of nitrogens with zero attached hydrogens (tertiary/aromatic N) is 3. The van der Waals surface area contributed by atoms with Crippen LogP contribution in [0, 0.1) is 0 Å². The van der Waals surface area contributed by atoms with Crippen molar-refractivity contribution in [1.29, 1.82) is 0 Å². The van der Waals surface area contributed by atoms with E-state index in [1.54, 1.807) is 25.1 Å². The number of fused-ring (bicyclic) bond motifs is 4. The van der Waals surface area contributed by atoms with Crippen molar-refractivity contribution in [2.24, 2.45) is 4.99 Å². The average Bonchev–Trinajstić information content (AvgIpc) is 3.44. The fourth-order valence-corrected chi connectivity index (χ4v) is 6.79. The summed E-state index contributed by atoms with van der Waals surface area (Å²) in [6.45, 7) is 4.73. The quantitative estimate of drug-likeness (QED) is 0.272. The summed E-state index contributed by atoms with van der Waals surface area (Å²) in [5.74, 6) is -0.0711. The molecule has 2 aromatic heterocycles. The number of methoxy groups -OCH3 is 2. The Hall–Kier alpha value is -4.14. The van der Waals surface area contributed by atoms with E-state index in [1.165, 1.54) is 41.0 Å². The zero-order valence-corrected chi connectivity index (χ0v) is 24.0. The highest BCUT2D eigenvalue weighted by Gasteiger charge is 2.35. The number of carbonyl (C=O) groups excluding carboxylic acids is 1. The van der Waals surface area contributed by atoms with Gasteiger partial charge in [-0.3, -0.25) is 9.36 Å². The molecule has 3 heterocycles. The largest absolute Gasteiger partial charge is 0.496 e. The average molecular weight is 572 g/mol. The highest BCUT2D eigenvalue weighted by molar-refractivity contribution is 7.07. The lowest BCUT2D eigenvalue weighted by Crippen LogP contribution is -2.40. The van der Waals surface area contributed by atoms with Gasteiger partial charge in [0.05, 0.1) is 30.0 Å². The maximum atomic E-state index is 14.0. The van der Waals surface area contributed by atoms with E-state index >= 15 is 0 Å². The molecule has 3 aromatic carbocycles. The molecule has 0 bridgehead atoms. The number of aromatic nitrogens is 2. The minimum absolute atomic E-state index is 0.260. The molecule has 0 fully saturated rings. The summed E-state index contributed by atoms with van der Waals surface area (Å²) in [7, 11) is 2.85. The second-order valence-electron chi connectivity index (χ2n) is 9.50. The lowest BCUT2D eigenvalue weighted by atomic mass is 9.95. The van der Waals surface area contributed by atoms with Gasteiger partial charge in [0.1, 0.15) is 11.8 Å². The Bertz CT molecular complexity index is 2050. The summed E-state index contributed by atoms with van der Waals surface area (Å²) in [6.07, 6.45) is 1.88. The highest BCUT2D eigenvalue weighted by atomic mass is 35.5. The van der Waals surface area contributed by atoms with Crippen LogP contribution in [0.1, 0.15) is 31.0 Å². The fourth-order valence-electron chi connectivity index (χ4n) is 5.56. The summed E-state index contributed by atoms with van der Waals surface area (Å²) in [5, 5.41) is 2.75. The van der Waals surface area contributed by atoms with E-state index < -0.39 is 12.0 Å². The van der Waals surface area contributed by atoms with Crippen LogP contribution in [0.4, 0.5) is 0 Å². The van der Waals surface area contributed by atoms with Crippen LogP contribution in [0.5, 0.6) is 5.75 Å². The fraction of sp³-hybridized carbons (Fsp3) is 0.194. The first kappa shape index (κ1) is 26.1. The maximum Gasteiger partial charge on any atom is 0.338 e. The molecular formula is C31H26ClN3O4S. The molecule has 0 unspecified atom stereocenters. The Morgan fingerprint density at radius 3 is 2.60 bits per heavy atom. The molecule has 0 saturated heterocycles. The molecule has 0 N–H and O–H groups in total. The van der Waals surface area contributed by atoms with Crippen LogP contribution in [-0.4, -0.2) is 29.3 Å². The Morgan fingerprint density at radius 1 is 1.07 bits per heavy atom. The molecule has 40 heavy (non-hydrogen) atoms. The lowest BCUT2D eigenvalue weighted by molar-refractivity contribution is -0.136. The number of benzene rings is 3. The zero-order chi connectivity index (χ0) is 28.1.